The number of hydrogen-bond donors (Lipinski definition) is 3. The molecular formula is C22H21FN6O3. The minimum absolute atomic E-state index is 0.221. The molecule has 1 aliphatic carbocycles. The Bertz CT molecular complexity index is 1490. The van der Waals surface area contributed by atoms with Gasteiger partial charge in [0, 0.05) is 30.7 Å². The van der Waals surface area contributed by atoms with Gasteiger partial charge in [-0.25, -0.2) is 9.78 Å². The molecule has 0 saturated heterocycles. The van der Waals surface area contributed by atoms with Gasteiger partial charge in [0.2, 0.25) is 11.7 Å². The molecule has 1 aromatic carbocycles. The first-order valence-electron chi connectivity index (χ1n) is 10.2. The van der Waals surface area contributed by atoms with Crippen LogP contribution in [0.5, 0.6) is 11.6 Å². The molecule has 32 heavy (non-hydrogen) atoms. The van der Waals surface area contributed by atoms with E-state index in [9.17, 15) is 14.3 Å². The first kappa shape index (κ1) is 20.0. The molecule has 5 rings (SSSR count). The quantitative estimate of drug-likeness (QED) is 0.441. The number of H-pyrrole nitrogens is 2. The fourth-order valence-corrected chi connectivity index (χ4v) is 3.34. The zero-order valence-corrected chi connectivity index (χ0v) is 17.5. The highest BCUT2D eigenvalue weighted by molar-refractivity contribution is 5.64. The van der Waals surface area contributed by atoms with Crippen LogP contribution in [-0.4, -0.2) is 41.6 Å². The molecule has 0 atom stereocenters. The molecule has 4 aromatic rings. The lowest BCUT2D eigenvalue weighted by Gasteiger charge is -2.17. The summed E-state index contributed by atoms with van der Waals surface area (Å²) in [4.78, 5) is 25.8. The van der Waals surface area contributed by atoms with Crippen molar-refractivity contribution in [3.05, 3.63) is 63.4 Å². The van der Waals surface area contributed by atoms with Gasteiger partial charge in [-0.2, -0.15) is 14.0 Å². The number of halogens is 1. The summed E-state index contributed by atoms with van der Waals surface area (Å²) < 4.78 is 20.9. The Kier molecular flexibility index (Phi) is 4.58. The molecule has 10 heteroatoms. The Morgan fingerprint density at radius 3 is 2.81 bits per heavy atom. The van der Waals surface area contributed by atoms with E-state index in [1.54, 1.807) is 35.0 Å². The standard InChI is InChI=1S/C22H21FN6O3/c1-22(2,23)32-15-5-3-4-12(8-15)16-10-18(25-14-6-7-14)29-19(26-16)13(11-24-29)9-17-20(30)28-21(31)27-17/h3-5,8-11,14,30H,6-7H2,1-2H3,(H2,27,28,31). The molecule has 3 N–H and O–H groups in total. The second-order valence-corrected chi connectivity index (χ2v) is 8.17. The maximum absolute atomic E-state index is 14.0. The van der Waals surface area contributed by atoms with Crippen LogP contribution in [0.3, 0.4) is 0 Å². The number of imidazole rings is 1. The minimum Gasteiger partial charge on any atom is -0.493 e. The van der Waals surface area contributed by atoms with Gasteiger partial charge in [-0.1, -0.05) is 12.1 Å². The van der Waals surface area contributed by atoms with Crippen LogP contribution in [0.1, 0.15) is 32.4 Å². The van der Waals surface area contributed by atoms with Gasteiger partial charge in [0.05, 0.1) is 17.9 Å². The van der Waals surface area contributed by atoms with E-state index in [-0.39, 0.29) is 17.6 Å². The molecule has 1 fully saturated rings. The Morgan fingerprint density at radius 2 is 2.12 bits per heavy atom. The molecule has 0 unspecified atom stereocenters. The van der Waals surface area contributed by atoms with E-state index in [0.29, 0.717) is 27.8 Å². The number of benzene rings is 1. The molecule has 3 heterocycles. The van der Waals surface area contributed by atoms with Crippen molar-refractivity contribution >= 4 is 11.7 Å². The van der Waals surface area contributed by atoms with Crippen molar-refractivity contribution < 1.29 is 14.2 Å². The molecule has 164 valence electrons. The number of aromatic nitrogens is 5. The predicted octanol–water partition coefficient (Wildman–Crippen LogP) is 1.81. The summed E-state index contributed by atoms with van der Waals surface area (Å²) in [6, 6.07) is 9.10. The topological polar surface area (TPSA) is 121 Å². The van der Waals surface area contributed by atoms with Crippen LogP contribution in [-0.2, 0) is 0 Å². The minimum atomic E-state index is -1.81. The first-order valence-corrected chi connectivity index (χ1v) is 10.2. The number of alkyl halides is 1. The van der Waals surface area contributed by atoms with E-state index < -0.39 is 11.5 Å². The van der Waals surface area contributed by atoms with E-state index in [0.717, 1.165) is 18.4 Å². The lowest BCUT2D eigenvalue weighted by Crippen LogP contribution is -2.21. The molecule has 0 bridgehead atoms. The molecule has 3 aromatic heterocycles. The van der Waals surface area contributed by atoms with Crippen LogP contribution in [0.15, 0.2) is 46.3 Å². The van der Waals surface area contributed by atoms with E-state index in [2.05, 4.69) is 15.1 Å². The second-order valence-electron chi connectivity index (χ2n) is 8.17. The first-order chi connectivity index (χ1) is 15.2. The summed E-state index contributed by atoms with van der Waals surface area (Å²) in [6.45, 7) is 2.68. The van der Waals surface area contributed by atoms with Gasteiger partial charge in [-0.05, 0) is 31.1 Å². The van der Waals surface area contributed by atoms with Crippen LogP contribution < -0.4 is 21.1 Å². The highest BCUT2D eigenvalue weighted by Crippen LogP contribution is 2.26. The summed E-state index contributed by atoms with van der Waals surface area (Å²) in [5, 5.41) is 14.9. The summed E-state index contributed by atoms with van der Waals surface area (Å²) in [5.74, 6) is -1.70. The average molecular weight is 436 g/mol. The number of aromatic hydroxyl groups is 1. The normalized spacial score (nSPS) is 15.6. The van der Waals surface area contributed by atoms with Crippen LogP contribution >= 0.6 is 0 Å². The SMILES string of the molecule is CC(C)(F)Oc1cccc(-c2cc(=NC3CC3)n3ncc(=Cc4[nH]c(=O)[nH]c4O)c3n2)c1. The van der Waals surface area contributed by atoms with E-state index in [4.69, 9.17) is 14.7 Å². The van der Waals surface area contributed by atoms with Crippen LogP contribution in [0.4, 0.5) is 4.39 Å². The molecular weight excluding hydrogens is 415 g/mol. The van der Waals surface area contributed by atoms with Crippen molar-refractivity contribution in [3.63, 3.8) is 0 Å². The average Bonchev–Trinajstić information content (AvgIpc) is 3.35. The molecule has 9 nitrogen and oxygen atoms in total. The van der Waals surface area contributed by atoms with Gasteiger partial charge < -0.3 is 14.8 Å². The summed E-state index contributed by atoms with van der Waals surface area (Å²) >= 11 is 0. The zero-order chi connectivity index (χ0) is 22.5. The number of nitrogens with one attached hydrogen (secondary N) is 2. The molecule has 0 aliphatic heterocycles. The maximum atomic E-state index is 14.0. The molecule has 1 aliphatic rings. The number of rotatable bonds is 5. The van der Waals surface area contributed by atoms with Gasteiger partial charge in [-0.15, -0.1) is 0 Å². The van der Waals surface area contributed by atoms with Gasteiger partial charge >= 0.3 is 5.69 Å². The summed E-state index contributed by atoms with van der Waals surface area (Å²) in [5.41, 5.74) is 2.18. The fraction of sp³-hybridized carbons (Fsp3) is 0.273. The Morgan fingerprint density at radius 1 is 1.31 bits per heavy atom. The van der Waals surface area contributed by atoms with Crippen molar-refractivity contribution in [3.8, 4) is 22.9 Å². The van der Waals surface area contributed by atoms with Crippen molar-refractivity contribution in [2.45, 2.75) is 38.6 Å². The van der Waals surface area contributed by atoms with Crippen LogP contribution in [0, 0.1) is 0 Å². The monoisotopic (exact) mass is 436 g/mol. The highest BCUT2D eigenvalue weighted by Gasteiger charge is 2.21. The van der Waals surface area contributed by atoms with Crippen molar-refractivity contribution in [2.24, 2.45) is 4.99 Å². The van der Waals surface area contributed by atoms with E-state index in [1.807, 2.05) is 12.1 Å². The number of ether oxygens (including phenoxy) is 1. The Labute approximate surface area is 180 Å². The Hall–Kier alpha value is -3.95. The smallest absolute Gasteiger partial charge is 0.326 e. The maximum Gasteiger partial charge on any atom is 0.326 e. The lowest BCUT2D eigenvalue weighted by atomic mass is 10.1. The predicted molar refractivity (Wildman–Crippen MR) is 115 cm³/mol. The molecule has 1 saturated carbocycles. The third kappa shape index (κ3) is 4.11. The van der Waals surface area contributed by atoms with E-state index in [1.165, 1.54) is 13.8 Å². The highest BCUT2D eigenvalue weighted by atomic mass is 19.2. The van der Waals surface area contributed by atoms with Gasteiger partial charge in [0.25, 0.3) is 0 Å². The number of hydrogen-bond acceptors (Lipinski definition) is 6. The third-order valence-electron chi connectivity index (χ3n) is 4.87. The van der Waals surface area contributed by atoms with E-state index >= 15 is 0 Å². The van der Waals surface area contributed by atoms with Crippen LogP contribution in [0.2, 0.25) is 0 Å². The van der Waals surface area contributed by atoms with Gasteiger partial charge in [0.15, 0.2) is 11.1 Å². The number of fused-ring (bicyclic) bond motifs is 1. The molecule has 0 amide bonds. The van der Waals surface area contributed by atoms with Crippen LogP contribution in [0.25, 0.3) is 23.0 Å². The number of aromatic amines is 2. The van der Waals surface area contributed by atoms with Gasteiger partial charge in [-0.3, -0.25) is 9.98 Å². The largest absolute Gasteiger partial charge is 0.493 e. The zero-order valence-electron chi connectivity index (χ0n) is 17.5. The van der Waals surface area contributed by atoms with Gasteiger partial charge in [0.1, 0.15) is 11.4 Å². The molecule has 0 spiro atoms. The third-order valence-corrected chi connectivity index (χ3v) is 4.87. The summed E-state index contributed by atoms with van der Waals surface area (Å²) in [7, 11) is 0. The van der Waals surface area contributed by atoms with Crippen molar-refractivity contribution in [1.29, 1.82) is 0 Å². The Balaban J connectivity index is 1.70. The summed E-state index contributed by atoms with van der Waals surface area (Å²) in [6.07, 6.45) is 5.21. The number of nitrogens with zero attached hydrogens (tertiary/aromatic N) is 4. The van der Waals surface area contributed by atoms with Crippen molar-refractivity contribution in [1.82, 2.24) is 24.6 Å². The fourth-order valence-electron chi connectivity index (χ4n) is 3.34. The van der Waals surface area contributed by atoms with Crippen molar-refractivity contribution in [2.75, 3.05) is 0 Å². The lowest BCUT2D eigenvalue weighted by molar-refractivity contribution is -0.0256. The second kappa shape index (κ2) is 7.33. The molecule has 0 radical (unpaired) electrons.